The van der Waals surface area contributed by atoms with Crippen LogP contribution in [0.5, 0.6) is 5.75 Å². The fourth-order valence-electron chi connectivity index (χ4n) is 2.25. The summed E-state index contributed by atoms with van der Waals surface area (Å²) in [6.07, 6.45) is 0. The van der Waals surface area contributed by atoms with Gasteiger partial charge < -0.3 is 4.74 Å². The standard InChI is InChI=1S/C18H15ClN2O/c1-12-20-17(13-3-7-15(19)8-4-13)11-18(21-12)14-5-9-16(22-2)10-6-14/h3-11H,1-2H3. The highest BCUT2D eigenvalue weighted by Gasteiger charge is 2.07. The second-order valence-corrected chi connectivity index (χ2v) is 5.36. The molecule has 0 unspecified atom stereocenters. The summed E-state index contributed by atoms with van der Waals surface area (Å²) in [6, 6.07) is 17.5. The Morgan fingerprint density at radius 3 is 1.82 bits per heavy atom. The molecule has 0 aliphatic rings. The van der Waals surface area contributed by atoms with Gasteiger partial charge in [0.25, 0.3) is 0 Å². The minimum Gasteiger partial charge on any atom is -0.497 e. The summed E-state index contributed by atoms with van der Waals surface area (Å²) in [7, 11) is 1.66. The molecule has 3 rings (SSSR count). The smallest absolute Gasteiger partial charge is 0.126 e. The zero-order valence-corrected chi connectivity index (χ0v) is 13.1. The van der Waals surface area contributed by atoms with Crippen LogP contribution in [0.15, 0.2) is 54.6 Å². The highest BCUT2D eigenvalue weighted by atomic mass is 35.5. The van der Waals surface area contributed by atoms with E-state index in [0.717, 1.165) is 34.1 Å². The van der Waals surface area contributed by atoms with E-state index in [0.29, 0.717) is 5.02 Å². The van der Waals surface area contributed by atoms with E-state index in [2.05, 4.69) is 9.97 Å². The van der Waals surface area contributed by atoms with Gasteiger partial charge in [-0.25, -0.2) is 9.97 Å². The van der Waals surface area contributed by atoms with E-state index in [4.69, 9.17) is 16.3 Å². The molecule has 110 valence electrons. The summed E-state index contributed by atoms with van der Waals surface area (Å²) in [5, 5.41) is 0.713. The highest BCUT2D eigenvalue weighted by molar-refractivity contribution is 6.30. The van der Waals surface area contributed by atoms with Gasteiger partial charge in [-0.15, -0.1) is 0 Å². The van der Waals surface area contributed by atoms with Gasteiger partial charge in [-0.05, 0) is 49.4 Å². The minimum absolute atomic E-state index is 0.713. The molecule has 0 bridgehead atoms. The Morgan fingerprint density at radius 1 is 0.818 bits per heavy atom. The number of nitrogens with zero attached hydrogens (tertiary/aromatic N) is 2. The maximum absolute atomic E-state index is 5.94. The molecule has 0 spiro atoms. The van der Waals surface area contributed by atoms with Crippen LogP contribution in [0.25, 0.3) is 22.5 Å². The minimum atomic E-state index is 0.713. The first kappa shape index (κ1) is 14.5. The van der Waals surface area contributed by atoms with Gasteiger partial charge in [-0.2, -0.15) is 0 Å². The second kappa shape index (κ2) is 6.16. The zero-order chi connectivity index (χ0) is 15.5. The van der Waals surface area contributed by atoms with E-state index in [-0.39, 0.29) is 0 Å². The fraction of sp³-hybridized carbons (Fsp3) is 0.111. The first-order valence-electron chi connectivity index (χ1n) is 6.92. The number of halogens is 1. The molecule has 0 saturated carbocycles. The van der Waals surface area contributed by atoms with Crippen molar-refractivity contribution in [2.45, 2.75) is 6.92 Å². The molecule has 22 heavy (non-hydrogen) atoms. The molecule has 0 amide bonds. The summed E-state index contributed by atoms with van der Waals surface area (Å²) >= 11 is 5.94. The van der Waals surface area contributed by atoms with E-state index in [9.17, 15) is 0 Å². The lowest BCUT2D eigenvalue weighted by Gasteiger charge is -2.07. The second-order valence-electron chi connectivity index (χ2n) is 4.92. The Balaban J connectivity index is 2.03. The molecule has 4 heteroatoms. The van der Waals surface area contributed by atoms with Crippen molar-refractivity contribution in [2.24, 2.45) is 0 Å². The van der Waals surface area contributed by atoms with Crippen molar-refractivity contribution in [2.75, 3.05) is 7.11 Å². The van der Waals surface area contributed by atoms with Gasteiger partial charge in [-0.1, -0.05) is 23.7 Å². The third-order valence-electron chi connectivity index (χ3n) is 3.36. The molecule has 1 aromatic heterocycles. The van der Waals surface area contributed by atoms with Crippen molar-refractivity contribution in [3.8, 4) is 28.3 Å². The van der Waals surface area contributed by atoms with E-state index in [1.165, 1.54) is 0 Å². The molecule has 0 N–H and O–H groups in total. The highest BCUT2D eigenvalue weighted by Crippen LogP contribution is 2.26. The maximum Gasteiger partial charge on any atom is 0.126 e. The predicted molar refractivity (Wildman–Crippen MR) is 89.2 cm³/mol. The van der Waals surface area contributed by atoms with Crippen molar-refractivity contribution >= 4 is 11.6 Å². The van der Waals surface area contributed by atoms with Gasteiger partial charge >= 0.3 is 0 Å². The third kappa shape index (κ3) is 3.10. The molecule has 3 aromatic rings. The van der Waals surface area contributed by atoms with Crippen molar-refractivity contribution in [1.29, 1.82) is 0 Å². The summed E-state index contributed by atoms with van der Waals surface area (Å²) in [6.45, 7) is 1.90. The average molecular weight is 311 g/mol. The summed E-state index contributed by atoms with van der Waals surface area (Å²) in [5.74, 6) is 1.56. The van der Waals surface area contributed by atoms with Crippen LogP contribution >= 0.6 is 11.6 Å². The van der Waals surface area contributed by atoms with Crippen LogP contribution in [0.3, 0.4) is 0 Å². The Morgan fingerprint density at radius 2 is 1.32 bits per heavy atom. The number of benzene rings is 2. The molecule has 2 aromatic carbocycles. The molecular formula is C18H15ClN2O. The Hall–Kier alpha value is -2.39. The lowest BCUT2D eigenvalue weighted by molar-refractivity contribution is 0.415. The van der Waals surface area contributed by atoms with Crippen LogP contribution in [0, 0.1) is 6.92 Å². The van der Waals surface area contributed by atoms with Gasteiger partial charge in [0, 0.05) is 16.1 Å². The Bertz CT molecular complexity index is 783. The van der Waals surface area contributed by atoms with Gasteiger partial charge in [0.15, 0.2) is 0 Å². The number of ether oxygens (including phenoxy) is 1. The fourth-order valence-corrected chi connectivity index (χ4v) is 2.37. The number of hydrogen-bond acceptors (Lipinski definition) is 3. The van der Waals surface area contributed by atoms with Crippen LogP contribution in [0.2, 0.25) is 5.02 Å². The van der Waals surface area contributed by atoms with Gasteiger partial charge in [0.2, 0.25) is 0 Å². The SMILES string of the molecule is COc1ccc(-c2cc(-c3ccc(Cl)cc3)nc(C)n2)cc1. The largest absolute Gasteiger partial charge is 0.497 e. The van der Waals surface area contributed by atoms with Gasteiger partial charge in [0.1, 0.15) is 11.6 Å². The molecule has 0 fully saturated rings. The zero-order valence-electron chi connectivity index (χ0n) is 12.4. The number of aromatic nitrogens is 2. The van der Waals surface area contributed by atoms with Crippen molar-refractivity contribution < 1.29 is 4.74 Å². The normalized spacial score (nSPS) is 10.5. The number of hydrogen-bond donors (Lipinski definition) is 0. The lowest BCUT2D eigenvalue weighted by atomic mass is 10.1. The first-order valence-corrected chi connectivity index (χ1v) is 7.29. The van der Waals surface area contributed by atoms with E-state index < -0.39 is 0 Å². The van der Waals surface area contributed by atoms with Gasteiger partial charge in [0.05, 0.1) is 18.5 Å². The number of rotatable bonds is 3. The van der Waals surface area contributed by atoms with E-state index in [1.54, 1.807) is 7.11 Å². The Kier molecular flexibility index (Phi) is 4.07. The quantitative estimate of drug-likeness (QED) is 0.698. The summed E-state index contributed by atoms with van der Waals surface area (Å²) < 4.78 is 5.19. The lowest BCUT2D eigenvalue weighted by Crippen LogP contribution is -1.94. The topological polar surface area (TPSA) is 35.0 Å². The number of aryl methyl sites for hydroxylation is 1. The summed E-state index contributed by atoms with van der Waals surface area (Å²) in [5.41, 5.74) is 3.82. The van der Waals surface area contributed by atoms with Crippen LogP contribution in [-0.2, 0) is 0 Å². The van der Waals surface area contributed by atoms with Crippen molar-refractivity contribution in [3.05, 3.63) is 65.4 Å². The van der Waals surface area contributed by atoms with Crippen LogP contribution in [0.1, 0.15) is 5.82 Å². The van der Waals surface area contributed by atoms with Crippen molar-refractivity contribution in [3.63, 3.8) is 0 Å². The molecule has 0 aliphatic carbocycles. The summed E-state index contributed by atoms with van der Waals surface area (Å²) in [4.78, 5) is 9.04. The average Bonchev–Trinajstić information content (AvgIpc) is 2.55. The van der Waals surface area contributed by atoms with Gasteiger partial charge in [-0.3, -0.25) is 0 Å². The van der Waals surface area contributed by atoms with Crippen LogP contribution in [0.4, 0.5) is 0 Å². The molecule has 3 nitrogen and oxygen atoms in total. The maximum atomic E-state index is 5.94. The predicted octanol–water partition coefficient (Wildman–Crippen LogP) is 4.78. The van der Waals surface area contributed by atoms with Crippen molar-refractivity contribution in [1.82, 2.24) is 9.97 Å². The third-order valence-corrected chi connectivity index (χ3v) is 3.62. The molecule has 0 aliphatic heterocycles. The van der Waals surface area contributed by atoms with E-state index >= 15 is 0 Å². The molecule has 0 radical (unpaired) electrons. The molecule has 1 heterocycles. The number of methoxy groups -OCH3 is 1. The molecule has 0 atom stereocenters. The molecular weight excluding hydrogens is 296 g/mol. The van der Waals surface area contributed by atoms with E-state index in [1.807, 2.05) is 61.5 Å². The van der Waals surface area contributed by atoms with Crippen LogP contribution < -0.4 is 4.74 Å². The molecule has 0 saturated heterocycles. The first-order chi connectivity index (χ1) is 10.7. The monoisotopic (exact) mass is 310 g/mol. The van der Waals surface area contributed by atoms with Crippen LogP contribution in [-0.4, -0.2) is 17.1 Å². The Labute approximate surface area is 134 Å².